The number of aromatic nitrogens is 1. The molecular weight excluding hydrogens is 237 g/mol. The SMILES string of the molecule is CSC(CC#N)c1cncc(C(F)(F)F)c1. The Bertz CT molecular complexity index is 398. The molecule has 0 aliphatic heterocycles. The van der Waals surface area contributed by atoms with E-state index >= 15 is 0 Å². The van der Waals surface area contributed by atoms with Crippen LogP contribution in [0.5, 0.6) is 0 Å². The van der Waals surface area contributed by atoms with Crippen LogP contribution in [0.3, 0.4) is 0 Å². The topological polar surface area (TPSA) is 36.7 Å². The molecule has 0 radical (unpaired) electrons. The van der Waals surface area contributed by atoms with Crippen molar-refractivity contribution in [2.45, 2.75) is 17.8 Å². The second-order valence-electron chi connectivity index (χ2n) is 3.09. The quantitative estimate of drug-likeness (QED) is 0.820. The van der Waals surface area contributed by atoms with Crippen LogP contribution < -0.4 is 0 Å². The molecule has 0 spiro atoms. The molecule has 0 aromatic carbocycles. The second-order valence-corrected chi connectivity index (χ2v) is 4.13. The van der Waals surface area contributed by atoms with E-state index < -0.39 is 11.7 Å². The summed E-state index contributed by atoms with van der Waals surface area (Å²) in [6, 6.07) is 2.99. The molecule has 16 heavy (non-hydrogen) atoms. The molecule has 1 unspecified atom stereocenters. The summed E-state index contributed by atoms with van der Waals surface area (Å²) in [7, 11) is 0. The average Bonchev–Trinajstić information content (AvgIpc) is 2.25. The summed E-state index contributed by atoms with van der Waals surface area (Å²) in [6.45, 7) is 0. The van der Waals surface area contributed by atoms with Crippen molar-refractivity contribution in [3.63, 3.8) is 0 Å². The van der Waals surface area contributed by atoms with Crippen molar-refractivity contribution in [1.82, 2.24) is 4.98 Å². The minimum absolute atomic E-state index is 0.171. The summed E-state index contributed by atoms with van der Waals surface area (Å²) < 4.78 is 37.2. The van der Waals surface area contributed by atoms with Crippen LogP contribution in [-0.4, -0.2) is 11.2 Å². The summed E-state index contributed by atoms with van der Waals surface area (Å²) >= 11 is 1.34. The number of rotatable bonds is 3. The van der Waals surface area contributed by atoms with Gasteiger partial charge in [-0.1, -0.05) is 0 Å². The van der Waals surface area contributed by atoms with Crippen LogP contribution in [0.2, 0.25) is 0 Å². The fraction of sp³-hybridized carbons (Fsp3) is 0.400. The Kier molecular flexibility index (Phi) is 4.19. The molecule has 0 saturated carbocycles. The zero-order valence-electron chi connectivity index (χ0n) is 8.45. The highest BCUT2D eigenvalue weighted by Crippen LogP contribution is 2.34. The molecule has 6 heteroatoms. The molecule has 1 aromatic heterocycles. The van der Waals surface area contributed by atoms with Gasteiger partial charge in [-0.15, -0.1) is 0 Å². The first-order chi connectivity index (χ1) is 7.49. The predicted octanol–water partition coefficient (Wildman–Crippen LogP) is 3.42. The Morgan fingerprint density at radius 1 is 1.50 bits per heavy atom. The fourth-order valence-electron chi connectivity index (χ4n) is 1.21. The molecule has 86 valence electrons. The molecular formula is C10H9F3N2S. The van der Waals surface area contributed by atoms with Crippen LogP contribution in [0.4, 0.5) is 13.2 Å². The molecule has 1 rings (SSSR count). The van der Waals surface area contributed by atoms with Gasteiger partial charge < -0.3 is 0 Å². The third kappa shape index (κ3) is 3.14. The molecule has 2 nitrogen and oxygen atoms in total. The predicted molar refractivity (Wildman–Crippen MR) is 55.7 cm³/mol. The summed E-state index contributed by atoms with van der Waals surface area (Å²) in [5.41, 5.74) is -0.342. The highest BCUT2D eigenvalue weighted by molar-refractivity contribution is 7.98. The Balaban J connectivity index is 3.02. The molecule has 1 aromatic rings. The highest BCUT2D eigenvalue weighted by atomic mass is 32.2. The zero-order chi connectivity index (χ0) is 12.2. The van der Waals surface area contributed by atoms with Gasteiger partial charge in [-0.3, -0.25) is 4.98 Å². The van der Waals surface area contributed by atoms with Gasteiger partial charge in [0.2, 0.25) is 0 Å². The Morgan fingerprint density at radius 2 is 2.19 bits per heavy atom. The molecule has 0 aliphatic rings. The lowest BCUT2D eigenvalue weighted by molar-refractivity contribution is -0.137. The van der Waals surface area contributed by atoms with E-state index in [4.69, 9.17) is 5.26 Å². The number of halogens is 3. The van der Waals surface area contributed by atoms with E-state index in [1.165, 1.54) is 18.0 Å². The molecule has 1 heterocycles. The lowest BCUT2D eigenvalue weighted by atomic mass is 10.1. The first-order valence-corrected chi connectivity index (χ1v) is 5.69. The van der Waals surface area contributed by atoms with Crippen LogP contribution >= 0.6 is 11.8 Å². The fourth-order valence-corrected chi connectivity index (χ4v) is 1.85. The van der Waals surface area contributed by atoms with E-state index in [0.29, 0.717) is 5.56 Å². The molecule has 0 bridgehead atoms. The van der Waals surface area contributed by atoms with Crippen molar-refractivity contribution in [1.29, 1.82) is 5.26 Å². The monoisotopic (exact) mass is 246 g/mol. The van der Waals surface area contributed by atoms with E-state index in [9.17, 15) is 13.2 Å². The minimum Gasteiger partial charge on any atom is -0.264 e. The van der Waals surface area contributed by atoms with Crippen molar-refractivity contribution in [2.75, 3.05) is 6.26 Å². The van der Waals surface area contributed by atoms with Crippen LogP contribution in [-0.2, 0) is 6.18 Å². The summed E-state index contributed by atoms with van der Waals surface area (Å²) in [6.07, 6.45) is -0.313. The number of hydrogen-bond donors (Lipinski definition) is 0. The van der Waals surface area contributed by atoms with E-state index in [-0.39, 0.29) is 11.7 Å². The van der Waals surface area contributed by atoms with Gasteiger partial charge in [0.05, 0.1) is 18.1 Å². The highest BCUT2D eigenvalue weighted by Gasteiger charge is 2.31. The van der Waals surface area contributed by atoms with Gasteiger partial charge in [0.1, 0.15) is 0 Å². The molecule has 0 aliphatic carbocycles. The van der Waals surface area contributed by atoms with Gasteiger partial charge in [-0.25, -0.2) is 0 Å². The van der Waals surface area contributed by atoms with E-state index in [1.807, 2.05) is 6.07 Å². The number of thioether (sulfide) groups is 1. The van der Waals surface area contributed by atoms with E-state index in [0.717, 1.165) is 12.3 Å². The maximum atomic E-state index is 12.4. The Labute approximate surface area is 95.5 Å². The number of pyridine rings is 1. The first kappa shape index (κ1) is 12.8. The normalized spacial score (nSPS) is 13.2. The average molecular weight is 246 g/mol. The van der Waals surface area contributed by atoms with Gasteiger partial charge in [0.25, 0.3) is 0 Å². The third-order valence-electron chi connectivity index (χ3n) is 2.02. The van der Waals surface area contributed by atoms with Gasteiger partial charge in [0.15, 0.2) is 0 Å². The van der Waals surface area contributed by atoms with Crippen LogP contribution in [0.15, 0.2) is 18.5 Å². The smallest absolute Gasteiger partial charge is 0.264 e. The largest absolute Gasteiger partial charge is 0.417 e. The van der Waals surface area contributed by atoms with Crippen molar-refractivity contribution >= 4 is 11.8 Å². The van der Waals surface area contributed by atoms with E-state index in [2.05, 4.69) is 4.98 Å². The lowest BCUT2D eigenvalue weighted by Crippen LogP contribution is -2.07. The summed E-state index contributed by atoms with van der Waals surface area (Å²) in [5, 5.41) is 8.29. The second kappa shape index (κ2) is 5.21. The minimum atomic E-state index is -4.39. The number of alkyl halides is 3. The molecule has 0 N–H and O–H groups in total. The Hall–Kier alpha value is -1.22. The Morgan fingerprint density at radius 3 is 2.69 bits per heavy atom. The van der Waals surface area contributed by atoms with Crippen LogP contribution in [0, 0.1) is 11.3 Å². The van der Waals surface area contributed by atoms with Gasteiger partial charge in [0, 0.05) is 17.6 Å². The molecule has 0 fully saturated rings. The van der Waals surface area contributed by atoms with Crippen molar-refractivity contribution in [3.8, 4) is 6.07 Å². The molecule has 0 amide bonds. The summed E-state index contributed by atoms with van der Waals surface area (Å²) in [5.74, 6) is 0. The maximum absolute atomic E-state index is 12.4. The van der Waals surface area contributed by atoms with Gasteiger partial charge >= 0.3 is 6.18 Å². The van der Waals surface area contributed by atoms with Crippen LogP contribution in [0.1, 0.15) is 22.8 Å². The van der Waals surface area contributed by atoms with Crippen LogP contribution in [0.25, 0.3) is 0 Å². The zero-order valence-corrected chi connectivity index (χ0v) is 9.27. The number of nitrogens with zero attached hydrogens (tertiary/aromatic N) is 2. The van der Waals surface area contributed by atoms with Crippen molar-refractivity contribution in [3.05, 3.63) is 29.6 Å². The van der Waals surface area contributed by atoms with Crippen molar-refractivity contribution in [2.24, 2.45) is 0 Å². The third-order valence-corrected chi connectivity index (χ3v) is 3.03. The molecule has 1 atom stereocenters. The van der Waals surface area contributed by atoms with E-state index in [1.54, 1.807) is 6.26 Å². The van der Waals surface area contributed by atoms with Crippen molar-refractivity contribution < 1.29 is 13.2 Å². The standard InChI is InChI=1S/C10H9F3N2S/c1-16-9(2-3-14)7-4-8(6-15-5-7)10(11,12)13/h4-6,9H,2H2,1H3. The maximum Gasteiger partial charge on any atom is 0.417 e. The number of nitriles is 1. The van der Waals surface area contributed by atoms with Gasteiger partial charge in [-0.2, -0.15) is 30.2 Å². The lowest BCUT2D eigenvalue weighted by Gasteiger charge is -2.13. The summed E-state index contributed by atoms with van der Waals surface area (Å²) in [4.78, 5) is 3.56. The number of hydrogen-bond acceptors (Lipinski definition) is 3. The van der Waals surface area contributed by atoms with Gasteiger partial charge in [-0.05, 0) is 17.9 Å². The first-order valence-electron chi connectivity index (χ1n) is 4.41. The molecule has 0 saturated heterocycles.